The van der Waals surface area contributed by atoms with E-state index in [0.29, 0.717) is 6.61 Å². The number of hydrogen-bond acceptors (Lipinski definition) is 2. The van der Waals surface area contributed by atoms with Crippen LogP contribution >= 0.6 is 0 Å². The number of ether oxygens (including phenoxy) is 1. The first kappa shape index (κ1) is 9.50. The van der Waals surface area contributed by atoms with E-state index < -0.39 is 0 Å². The second kappa shape index (κ2) is 7.08. The first-order chi connectivity index (χ1) is 6.00. The summed E-state index contributed by atoms with van der Waals surface area (Å²) in [5.41, 5.74) is 0. The van der Waals surface area contributed by atoms with E-state index in [1.165, 1.54) is 32.1 Å². The zero-order valence-electron chi connectivity index (χ0n) is 7.59. The van der Waals surface area contributed by atoms with Crippen LogP contribution < -0.4 is 0 Å². The minimum atomic E-state index is 0.670. The van der Waals surface area contributed by atoms with Gasteiger partial charge in [-0.05, 0) is 18.7 Å². The van der Waals surface area contributed by atoms with Gasteiger partial charge in [0, 0.05) is 19.2 Å². The molecule has 2 nitrogen and oxygen atoms in total. The van der Waals surface area contributed by atoms with Gasteiger partial charge in [0.15, 0.2) is 0 Å². The van der Waals surface area contributed by atoms with Crippen LogP contribution in [0.2, 0.25) is 0 Å². The van der Waals surface area contributed by atoms with Crippen molar-refractivity contribution in [3.05, 3.63) is 6.08 Å². The number of aliphatic imine (C=N–C) groups is 1. The average Bonchev–Trinajstić information content (AvgIpc) is 2.05. The highest BCUT2D eigenvalue weighted by Crippen LogP contribution is 2.03. The Labute approximate surface area is 74.3 Å². The molecule has 1 heterocycles. The largest absolute Gasteiger partial charge is 0.377 e. The summed E-state index contributed by atoms with van der Waals surface area (Å²) in [6, 6.07) is 0. The molecule has 0 bridgehead atoms. The lowest BCUT2D eigenvalue weighted by Gasteiger charge is -2.01. The molecule has 0 saturated carbocycles. The lowest BCUT2D eigenvalue weighted by atomic mass is 10.1. The van der Waals surface area contributed by atoms with Crippen molar-refractivity contribution in [1.82, 2.24) is 0 Å². The van der Waals surface area contributed by atoms with Crippen molar-refractivity contribution >= 4 is 5.87 Å². The third kappa shape index (κ3) is 5.11. The molecule has 0 spiro atoms. The van der Waals surface area contributed by atoms with Crippen LogP contribution in [0.25, 0.3) is 0 Å². The maximum absolute atomic E-state index is 5.33. The average molecular weight is 167 g/mol. The van der Waals surface area contributed by atoms with Crippen molar-refractivity contribution in [1.29, 1.82) is 0 Å². The van der Waals surface area contributed by atoms with Crippen LogP contribution in [0.15, 0.2) is 11.1 Å². The fraction of sp³-hybridized carbons (Fsp3) is 0.800. The first-order valence-electron chi connectivity index (χ1n) is 4.81. The SMILES string of the molecule is C1=CCOCCCCCCCN=1. The third-order valence-corrected chi connectivity index (χ3v) is 1.94. The molecule has 0 aromatic carbocycles. The van der Waals surface area contributed by atoms with Gasteiger partial charge >= 0.3 is 0 Å². The molecule has 2 heteroatoms. The second-order valence-corrected chi connectivity index (χ2v) is 3.06. The molecule has 1 aliphatic rings. The highest BCUT2D eigenvalue weighted by atomic mass is 16.5. The van der Waals surface area contributed by atoms with Gasteiger partial charge < -0.3 is 4.74 Å². The Morgan fingerprint density at radius 2 is 1.92 bits per heavy atom. The van der Waals surface area contributed by atoms with Gasteiger partial charge in [-0.1, -0.05) is 19.3 Å². The van der Waals surface area contributed by atoms with Crippen LogP contribution in [-0.4, -0.2) is 25.6 Å². The molecule has 0 N–H and O–H groups in total. The smallest absolute Gasteiger partial charge is 0.0736 e. The van der Waals surface area contributed by atoms with Crippen LogP contribution in [0, 0.1) is 0 Å². The Bertz CT molecular complexity index is 145. The molecule has 0 saturated heterocycles. The van der Waals surface area contributed by atoms with Gasteiger partial charge in [-0.25, -0.2) is 4.99 Å². The van der Waals surface area contributed by atoms with Gasteiger partial charge in [-0.2, -0.15) is 0 Å². The normalized spacial score (nSPS) is 21.3. The van der Waals surface area contributed by atoms with Gasteiger partial charge in [-0.15, -0.1) is 0 Å². The molecular formula is C10H17NO. The zero-order valence-corrected chi connectivity index (χ0v) is 7.59. The molecule has 1 rings (SSSR count). The molecular weight excluding hydrogens is 150 g/mol. The van der Waals surface area contributed by atoms with E-state index in [-0.39, 0.29) is 0 Å². The van der Waals surface area contributed by atoms with E-state index in [0.717, 1.165) is 13.2 Å². The highest BCUT2D eigenvalue weighted by molar-refractivity contribution is 5.51. The van der Waals surface area contributed by atoms with Crippen LogP contribution in [0.1, 0.15) is 32.1 Å². The molecule has 12 heavy (non-hydrogen) atoms. The number of hydrogen-bond donors (Lipinski definition) is 0. The summed E-state index contributed by atoms with van der Waals surface area (Å²) in [7, 11) is 0. The van der Waals surface area contributed by atoms with Crippen molar-refractivity contribution in [2.75, 3.05) is 19.8 Å². The van der Waals surface area contributed by atoms with E-state index in [9.17, 15) is 0 Å². The van der Waals surface area contributed by atoms with Crippen molar-refractivity contribution < 1.29 is 4.74 Å². The molecule has 0 amide bonds. The fourth-order valence-corrected chi connectivity index (χ4v) is 1.23. The quantitative estimate of drug-likeness (QED) is 0.542. The summed E-state index contributed by atoms with van der Waals surface area (Å²) in [5.74, 6) is 2.88. The van der Waals surface area contributed by atoms with Crippen molar-refractivity contribution in [2.45, 2.75) is 32.1 Å². The van der Waals surface area contributed by atoms with E-state index >= 15 is 0 Å². The standard InChI is InChI=1S/C10H17NO/c1-2-4-7-11-8-6-10-12-9-5-3-1/h6H,1-5,7,9-10H2. The molecule has 0 unspecified atom stereocenters. The van der Waals surface area contributed by atoms with Crippen molar-refractivity contribution in [3.63, 3.8) is 0 Å². The number of nitrogens with zero attached hydrogens (tertiary/aromatic N) is 1. The Morgan fingerprint density at radius 1 is 1.08 bits per heavy atom. The van der Waals surface area contributed by atoms with Gasteiger partial charge in [0.05, 0.1) is 6.61 Å². The summed E-state index contributed by atoms with van der Waals surface area (Å²) >= 11 is 0. The van der Waals surface area contributed by atoms with Gasteiger partial charge in [0.2, 0.25) is 0 Å². The Morgan fingerprint density at radius 3 is 2.92 bits per heavy atom. The fourth-order valence-electron chi connectivity index (χ4n) is 1.23. The second-order valence-electron chi connectivity index (χ2n) is 3.06. The summed E-state index contributed by atoms with van der Waals surface area (Å²) < 4.78 is 5.33. The van der Waals surface area contributed by atoms with Gasteiger partial charge in [0.25, 0.3) is 0 Å². The predicted molar refractivity (Wildman–Crippen MR) is 50.8 cm³/mol. The van der Waals surface area contributed by atoms with Crippen LogP contribution in [0.4, 0.5) is 0 Å². The molecule has 0 aliphatic carbocycles. The van der Waals surface area contributed by atoms with E-state index in [4.69, 9.17) is 4.74 Å². The topological polar surface area (TPSA) is 21.6 Å². The third-order valence-electron chi connectivity index (χ3n) is 1.94. The van der Waals surface area contributed by atoms with E-state index in [1.54, 1.807) is 0 Å². The lowest BCUT2D eigenvalue weighted by Crippen LogP contribution is -1.95. The van der Waals surface area contributed by atoms with Crippen molar-refractivity contribution in [2.24, 2.45) is 4.99 Å². The van der Waals surface area contributed by atoms with Crippen LogP contribution in [-0.2, 0) is 4.74 Å². The predicted octanol–water partition coefficient (Wildman–Crippen LogP) is 2.19. The van der Waals surface area contributed by atoms with Crippen molar-refractivity contribution in [3.8, 4) is 0 Å². The summed E-state index contributed by atoms with van der Waals surface area (Å²) in [6.45, 7) is 2.48. The monoisotopic (exact) mass is 167 g/mol. The Balaban J connectivity index is 2.22. The summed E-state index contributed by atoms with van der Waals surface area (Å²) in [4.78, 5) is 4.12. The van der Waals surface area contributed by atoms with E-state index in [2.05, 4.69) is 10.9 Å². The maximum atomic E-state index is 5.33. The summed E-state index contributed by atoms with van der Waals surface area (Å²) in [6.07, 6.45) is 8.19. The molecule has 0 atom stereocenters. The first-order valence-corrected chi connectivity index (χ1v) is 4.81. The molecule has 0 fully saturated rings. The Hall–Kier alpha value is -0.590. The molecule has 1 aliphatic heterocycles. The highest BCUT2D eigenvalue weighted by Gasteiger charge is 1.91. The lowest BCUT2D eigenvalue weighted by molar-refractivity contribution is 0.157. The summed E-state index contributed by atoms with van der Waals surface area (Å²) in [5, 5.41) is 0. The molecule has 0 aromatic rings. The molecule has 68 valence electrons. The zero-order chi connectivity index (χ0) is 8.49. The van der Waals surface area contributed by atoms with Gasteiger partial charge in [0.1, 0.15) is 0 Å². The van der Waals surface area contributed by atoms with Crippen LogP contribution in [0.5, 0.6) is 0 Å². The van der Waals surface area contributed by atoms with E-state index in [1.807, 2.05) is 6.08 Å². The minimum absolute atomic E-state index is 0.670. The minimum Gasteiger partial charge on any atom is -0.377 e. The molecule has 0 radical (unpaired) electrons. The van der Waals surface area contributed by atoms with Gasteiger partial charge in [-0.3, -0.25) is 0 Å². The number of rotatable bonds is 0. The van der Waals surface area contributed by atoms with Crippen LogP contribution in [0.3, 0.4) is 0 Å². The molecule has 0 aromatic heterocycles. The maximum Gasteiger partial charge on any atom is 0.0736 e. The Kier molecular flexibility index (Phi) is 5.60.